The Labute approximate surface area is 190 Å². The number of rotatable bonds is 5. The van der Waals surface area contributed by atoms with Gasteiger partial charge < -0.3 is 0 Å². The van der Waals surface area contributed by atoms with Crippen molar-refractivity contribution in [1.82, 2.24) is 4.90 Å². The van der Waals surface area contributed by atoms with E-state index in [0.29, 0.717) is 5.92 Å². The molecule has 4 rings (SSSR count). The number of aliphatic imine (C=N–C) groups is 1. The predicted octanol–water partition coefficient (Wildman–Crippen LogP) is 7.31. The monoisotopic (exact) mass is 432 g/mol. The first-order valence-corrected chi connectivity index (χ1v) is 12.4. The van der Waals surface area contributed by atoms with Gasteiger partial charge >= 0.3 is 0 Å². The Balaban J connectivity index is 1.69. The van der Waals surface area contributed by atoms with Gasteiger partial charge in [-0.25, -0.2) is 4.99 Å². The summed E-state index contributed by atoms with van der Waals surface area (Å²) in [6.07, 6.45) is 8.73. The highest BCUT2D eigenvalue weighted by molar-refractivity contribution is 8.18. The molecule has 0 N–H and O–H groups in total. The molecule has 0 atom stereocenters. The first-order chi connectivity index (χ1) is 15.1. The molecule has 1 saturated heterocycles. The van der Waals surface area contributed by atoms with Crippen molar-refractivity contribution in [2.24, 2.45) is 4.99 Å². The van der Waals surface area contributed by atoms with Crippen LogP contribution in [-0.4, -0.2) is 22.0 Å². The molecule has 1 aliphatic carbocycles. The van der Waals surface area contributed by atoms with E-state index in [0.717, 1.165) is 40.6 Å². The summed E-state index contributed by atoms with van der Waals surface area (Å²) in [5.41, 5.74) is 4.57. The maximum absolute atomic E-state index is 13.5. The molecule has 0 aromatic heterocycles. The molecule has 2 aromatic rings. The Morgan fingerprint density at radius 1 is 1.06 bits per heavy atom. The van der Waals surface area contributed by atoms with Crippen LogP contribution in [-0.2, 0) is 11.2 Å². The van der Waals surface area contributed by atoms with E-state index in [1.54, 1.807) is 0 Å². The molecular weight excluding hydrogens is 400 g/mol. The SMILES string of the molecule is CCc1ccccc1N=C1S/C(=C/c2ccc(C(C)C)cc2)C(=O)N1C1CCCCC1. The zero-order chi connectivity index (χ0) is 21.8. The van der Waals surface area contributed by atoms with Gasteiger partial charge in [-0.1, -0.05) is 82.5 Å². The number of benzene rings is 2. The summed E-state index contributed by atoms with van der Waals surface area (Å²) in [7, 11) is 0. The van der Waals surface area contributed by atoms with Crippen molar-refractivity contribution in [2.75, 3.05) is 0 Å². The molecule has 3 nitrogen and oxygen atoms in total. The quantitative estimate of drug-likeness (QED) is 0.464. The number of carbonyl (C=O) groups is 1. The molecule has 1 amide bonds. The Morgan fingerprint density at radius 2 is 1.77 bits per heavy atom. The van der Waals surface area contributed by atoms with Gasteiger partial charge in [-0.3, -0.25) is 9.69 Å². The van der Waals surface area contributed by atoms with Crippen molar-refractivity contribution in [3.8, 4) is 0 Å². The second-order valence-corrected chi connectivity index (χ2v) is 9.78. The maximum atomic E-state index is 13.5. The lowest BCUT2D eigenvalue weighted by atomic mass is 9.94. The van der Waals surface area contributed by atoms with Crippen LogP contribution < -0.4 is 0 Å². The second-order valence-electron chi connectivity index (χ2n) is 8.78. The molecule has 2 aromatic carbocycles. The van der Waals surface area contributed by atoms with E-state index in [1.807, 2.05) is 17.0 Å². The van der Waals surface area contributed by atoms with Gasteiger partial charge in [-0.05, 0) is 65.8 Å². The smallest absolute Gasteiger partial charge is 0.267 e. The molecule has 0 bridgehead atoms. The Bertz CT molecular complexity index is 985. The number of amides is 1. The lowest BCUT2D eigenvalue weighted by Gasteiger charge is -2.30. The molecule has 2 fully saturated rings. The zero-order valence-corrected chi connectivity index (χ0v) is 19.6. The number of para-hydroxylation sites is 1. The Kier molecular flexibility index (Phi) is 6.96. The van der Waals surface area contributed by atoms with Crippen molar-refractivity contribution >= 4 is 34.6 Å². The van der Waals surface area contributed by atoms with Crippen molar-refractivity contribution in [1.29, 1.82) is 0 Å². The minimum Gasteiger partial charge on any atom is -0.283 e. The molecule has 1 heterocycles. The van der Waals surface area contributed by atoms with Gasteiger partial charge in [0.05, 0.1) is 10.6 Å². The molecule has 31 heavy (non-hydrogen) atoms. The van der Waals surface area contributed by atoms with Crippen LogP contribution in [0.15, 0.2) is 58.4 Å². The van der Waals surface area contributed by atoms with Crippen molar-refractivity contribution in [3.63, 3.8) is 0 Å². The molecule has 2 aliphatic rings. The van der Waals surface area contributed by atoms with E-state index in [-0.39, 0.29) is 11.9 Å². The number of amidine groups is 1. The number of aryl methyl sites for hydroxylation is 1. The van der Waals surface area contributed by atoms with Gasteiger partial charge in [-0.2, -0.15) is 0 Å². The maximum Gasteiger partial charge on any atom is 0.267 e. The molecule has 4 heteroatoms. The van der Waals surface area contributed by atoms with E-state index < -0.39 is 0 Å². The van der Waals surface area contributed by atoms with Crippen LogP contribution in [0.25, 0.3) is 6.08 Å². The molecule has 0 unspecified atom stereocenters. The molecule has 162 valence electrons. The topological polar surface area (TPSA) is 32.7 Å². The van der Waals surface area contributed by atoms with E-state index in [2.05, 4.69) is 63.2 Å². The van der Waals surface area contributed by atoms with Crippen molar-refractivity contribution < 1.29 is 4.79 Å². The van der Waals surface area contributed by atoms with Gasteiger partial charge in [0.25, 0.3) is 5.91 Å². The van der Waals surface area contributed by atoms with Crippen LogP contribution in [0.2, 0.25) is 0 Å². The van der Waals surface area contributed by atoms with Gasteiger partial charge in [0.2, 0.25) is 0 Å². The second kappa shape index (κ2) is 9.86. The third kappa shape index (κ3) is 4.95. The van der Waals surface area contributed by atoms with Gasteiger partial charge in [-0.15, -0.1) is 0 Å². The van der Waals surface area contributed by atoms with Crippen molar-refractivity contribution in [2.45, 2.75) is 71.3 Å². The van der Waals surface area contributed by atoms with E-state index in [1.165, 1.54) is 42.2 Å². The predicted molar refractivity (Wildman–Crippen MR) is 133 cm³/mol. The fraction of sp³-hybridized carbons (Fsp3) is 0.407. The Hall–Kier alpha value is -2.33. The highest BCUT2D eigenvalue weighted by Gasteiger charge is 2.38. The average Bonchev–Trinajstić information content (AvgIpc) is 3.09. The molecule has 0 radical (unpaired) electrons. The molecule has 1 aliphatic heterocycles. The van der Waals surface area contributed by atoms with Crippen molar-refractivity contribution in [3.05, 3.63) is 70.1 Å². The van der Waals surface area contributed by atoms with Crippen LogP contribution in [0.4, 0.5) is 5.69 Å². The van der Waals surface area contributed by atoms with Crippen LogP contribution in [0.5, 0.6) is 0 Å². The van der Waals surface area contributed by atoms with Crippen LogP contribution in [0.1, 0.15) is 75.5 Å². The number of hydrogen-bond acceptors (Lipinski definition) is 3. The van der Waals surface area contributed by atoms with Gasteiger partial charge in [0.15, 0.2) is 5.17 Å². The number of hydrogen-bond donors (Lipinski definition) is 0. The minimum atomic E-state index is 0.109. The molecule has 1 saturated carbocycles. The summed E-state index contributed by atoms with van der Waals surface area (Å²) in [5, 5.41) is 0.836. The molecular formula is C27H32N2OS. The summed E-state index contributed by atoms with van der Waals surface area (Å²) < 4.78 is 0. The van der Waals surface area contributed by atoms with E-state index in [9.17, 15) is 4.79 Å². The lowest BCUT2D eigenvalue weighted by molar-refractivity contribution is -0.124. The standard InChI is InChI=1S/C27H32N2OS/c1-4-21-10-8-9-13-24(21)28-27-29(23-11-6-5-7-12-23)26(30)25(31-27)18-20-14-16-22(17-15-20)19(2)3/h8-10,13-19,23H,4-7,11-12H2,1-3H3/b25-18+,28-27?. The lowest BCUT2D eigenvalue weighted by Crippen LogP contribution is -2.40. The van der Waals surface area contributed by atoms with E-state index in [4.69, 9.17) is 4.99 Å². The van der Waals surface area contributed by atoms with Crippen LogP contribution >= 0.6 is 11.8 Å². The Morgan fingerprint density at radius 3 is 2.45 bits per heavy atom. The van der Waals surface area contributed by atoms with Crippen LogP contribution in [0.3, 0.4) is 0 Å². The fourth-order valence-corrected chi connectivity index (χ4v) is 5.43. The summed E-state index contributed by atoms with van der Waals surface area (Å²) in [4.78, 5) is 21.3. The van der Waals surface area contributed by atoms with Gasteiger partial charge in [0, 0.05) is 6.04 Å². The van der Waals surface area contributed by atoms with Crippen LogP contribution in [0, 0.1) is 0 Å². The summed E-state index contributed by atoms with van der Waals surface area (Å²) in [6.45, 7) is 6.54. The summed E-state index contributed by atoms with van der Waals surface area (Å²) in [5.74, 6) is 0.612. The number of nitrogens with zero attached hydrogens (tertiary/aromatic N) is 2. The average molecular weight is 433 g/mol. The third-order valence-electron chi connectivity index (χ3n) is 6.27. The number of thioether (sulfide) groups is 1. The normalized spacial score (nSPS) is 20.4. The first-order valence-electron chi connectivity index (χ1n) is 11.6. The minimum absolute atomic E-state index is 0.109. The fourth-order valence-electron chi connectivity index (χ4n) is 4.38. The van der Waals surface area contributed by atoms with E-state index >= 15 is 0 Å². The highest BCUT2D eigenvalue weighted by atomic mass is 32.2. The largest absolute Gasteiger partial charge is 0.283 e. The highest BCUT2D eigenvalue weighted by Crippen LogP contribution is 2.39. The summed E-state index contributed by atoms with van der Waals surface area (Å²) in [6, 6.07) is 17.1. The third-order valence-corrected chi connectivity index (χ3v) is 7.25. The summed E-state index contributed by atoms with van der Waals surface area (Å²) >= 11 is 1.53. The molecule has 0 spiro atoms. The number of carbonyl (C=O) groups excluding carboxylic acids is 1. The van der Waals surface area contributed by atoms with Gasteiger partial charge in [0.1, 0.15) is 0 Å². The first kappa shape index (κ1) is 21.9. The zero-order valence-electron chi connectivity index (χ0n) is 18.8.